The summed E-state index contributed by atoms with van der Waals surface area (Å²) in [5.41, 5.74) is 7.30. The van der Waals surface area contributed by atoms with E-state index in [0.29, 0.717) is 19.5 Å². The van der Waals surface area contributed by atoms with Crippen molar-refractivity contribution in [3.63, 3.8) is 0 Å². The minimum atomic E-state index is -0.472. The van der Waals surface area contributed by atoms with Gasteiger partial charge in [0.15, 0.2) is 0 Å². The van der Waals surface area contributed by atoms with Crippen LogP contribution in [0.15, 0.2) is 24.3 Å². The van der Waals surface area contributed by atoms with Gasteiger partial charge in [-0.15, -0.1) is 0 Å². The van der Waals surface area contributed by atoms with Gasteiger partial charge >= 0.3 is 0 Å². The zero-order valence-electron chi connectivity index (χ0n) is 14.8. The number of amides is 2. The van der Waals surface area contributed by atoms with Crippen molar-refractivity contribution >= 4 is 17.5 Å². The van der Waals surface area contributed by atoms with E-state index in [1.54, 1.807) is 0 Å². The summed E-state index contributed by atoms with van der Waals surface area (Å²) in [6.45, 7) is 5.64. The average Bonchev–Trinajstić information content (AvgIpc) is 2.63. The molecule has 0 aromatic heterocycles. The van der Waals surface area contributed by atoms with Gasteiger partial charge < -0.3 is 16.0 Å². The van der Waals surface area contributed by atoms with E-state index in [1.807, 2.05) is 43.0 Å². The predicted octanol–water partition coefficient (Wildman–Crippen LogP) is 2.58. The maximum Gasteiger partial charge on any atom is 0.227 e. The van der Waals surface area contributed by atoms with Crippen molar-refractivity contribution in [2.45, 2.75) is 52.5 Å². The van der Waals surface area contributed by atoms with Gasteiger partial charge in [-0.25, -0.2) is 0 Å². The molecule has 1 heterocycles. The molecule has 1 aromatic rings. The second-order valence-corrected chi connectivity index (χ2v) is 6.54. The highest BCUT2D eigenvalue weighted by molar-refractivity contribution is 5.94. The number of nitrogens with zero attached hydrogens (tertiary/aromatic N) is 1. The van der Waals surface area contributed by atoms with Crippen molar-refractivity contribution in [3.8, 4) is 0 Å². The number of hydrogen-bond acceptors (Lipinski definition) is 3. The monoisotopic (exact) mass is 331 g/mol. The van der Waals surface area contributed by atoms with Gasteiger partial charge in [-0.3, -0.25) is 9.59 Å². The summed E-state index contributed by atoms with van der Waals surface area (Å²) in [6, 6.07) is 7.86. The summed E-state index contributed by atoms with van der Waals surface area (Å²) < 4.78 is 0. The first-order chi connectivity index (χ1) is 11.6. The number of nitrogens with one attached hydrogen (secondary N) is 1. The molecule has 1 aliphatic rings. The largest absolute Gasteiger partial charge is 0.352 e. The minimum Gasteiger partial charge on any atom is -0.352 e. The predicted molar refractivity (Wildman–Crippen MR) is 96.6 cm³/mol. The standard InChI is InChI=1S/C19H29N3O2/c1-3-19(4-2,14-20)18(24)21-13-15-8-10-16(11-9-15)22-12-6-5-7-17(22)23/h8-11H,3-7,12-14,20H2,1-2H3,(H,21,24). The van der Waals surface area contributed by atoms with Crippen LogP contribution in [0.3, 0.4) is 0 Å². The van der Waals surface area contributed by atoms with Crippen LogP contribution in [0.5, 0.6) is 0 Å². The van der Waals surface area contributed by atoms with Crippen LogP contribution in [-0.4, -0.2) is 24.9 Å². The molecular weight excluding hydrogens is 302 g/mol. The minimum absolute atomic E-state index is 0.0188. The molecule has 0 saturated carbocycles. The van der Waals surface area contributed by atoms with E-state index in [1.165, 1.54) is 0 Å². The summed E-state index contributed by atoms with van der Waals surface area (Å²) >= 11 is 0. The number of hydrogen-bond donors (Lipinski definition) is 2. The molecule has 0 spiro atoms. The number of piperidine rings is 1. The lowest BCUT2D eigenvalue weighted by molar-refractivity contribution is -0.131. The molecule has 132 valence electrons. The van der Waals surface area contributed by atoms with Gasteiger partial charge in [0.2, 0.25) is 11.8 Å². The molecule has 2 amide bonds. The van der Waals surface area contributed by atoms with Crippen LogP contribution < -0.4 is 16.0 Å². The highest BCUT2D eigenvalue weighted by Crippen LogP contribution is 2.25. The highest BCUT2D eigenvalue weighted by Gasteiger charge is 2.32. The third kappa shape index (κ3) is 3.96. The molecule has 5 nitrogen and oxygen atoms in total. The van der Waals surface area contributed by atoms with Crippen LogP contribution in [0.1, 0.15) is 51.5 Å². The summed E-state index contributed by atoms with van der Waals surface area (Å²) in [6.07, 6.45) is 4.15. The fourth-order valence-corrected chi connectivity index (χ4v) is 3.19. The molecule has 0 unspecified atom stereocenters. The number of benzene rings is 1. The van der Waals surface area contributed by atoms with E-state index in [9.17, 15) is 9.59 Å². The van der Waals surface area contributed by atoms with Crippen LogP contribution in [0, 0.1) is 5.41 Å². The fraction of sp³-hybridized carbons (Fsp3) is 0.579. The Morgan fingerprint density at radius 1 is 1.21 bits per heavy atom. The first kappa shape index (κ1) is 18.5. The zero-order chi connectivity index (χ0) is 17.6. The SMILES string of the molecule is CCC(CC)(CN)C(=O)NCc1ccc(N2CCCCC2=O)cc1. The zero-order valence-corrected chi connectivity index (χ0v) is 14.8. The lowest BCUT2D eigenvalue weighted by atomic mass is 9.81. The molecule has 1 aromatic carbocycles. The van der Waals surface area contributed by atoms with Crippen molar-refractivity contribution in [2.75, 3.05) is 18.0 Å². The number of carbonyl (C=O) groups is 2. The average molecular weight is 331 g/mol. The Labute approximate surface area is 144 Å². The van der Waals surface area contributed by atoms with Crippen molar-refractivity contribution < 1.29 is 9.59 Å². The first-order valence-corrected chi connectivity index (χ1v) is 8.94. The summed E-state index contributed by atoms with van der Waals surface area (Å²) in [4.78, 5) is 26.3. The normalized spacial score (nSPS) is 15.5. The molecule has 0 aliphatic carbocycles. The van der Waals surface area contributed by atoms with E-state index in [0.717, 1.165) is 43.5 Å². The Hall–Kier alpha value is -1.88. The van der Waals surface area contributed by atoms with Crippen LogP contribution in [0.2, 0.25) is 0 Å². The molecule has 1 aliphatic heterocycles. The van der Waals surface area contributed by atoms with Gasteiger partial charge in [0.05, 0.1) is 5.41 Å². The van der Waals surface area contributed by atoms with Crippen LogP contribution >= 0.6 is 0 Å². The van der Waals surface area contributed by atoms with Crippen molar-refractivity contribution in [2.24, 2.45) is 11.1 Å². The quantitative estimate of drug-likeness (QED) is 0.806. The van der Waals surface area contributed by atoms with E-state index in [4.69, 9.17) is 5.73 Å². The van der Waals surface area contributed by atoms with E-state index >= 15 is 0 Å². The smallest absolute Gasteiger partial charge is 0.227 e. The lowest BCUT2D eigenvalue weighted by Gasteiger charge is -2.28. The highest BCUT2D eigenvalue weighted by atomic mass is 16.2. The molecule has 24 heavy (non-hydrogen) atoms. The number of nitrogens with two attached hydrogens (primary N) is 1. The molecule has 1 saturated heterocycles. The Bertz CT molecular complexity index is 556. The third-order valence-electron chi connectivity index (χ3n) is 5.25. The second-order valence-electron chi connectivity index (χ2n) is 6.54. The van der Waals surface area contributed by atoms with Gasteiger partial charge in [-0.1, -0.05) is 26.0 Å². The number of carbonyl (C=O) groups excluding carboxylic acids is 2. The van der Waals surface area contributed by atoms with Crippen LogP contribution in [0.4, 0.5) is 5.69 Å². The Kier molecular flexibility index (Phi) is 6.37. The third-order valence-corrected chi connectivity index (χ3v) is 5.25. The molecule has 3 N–H and O–H groups in total. The van der Waals surface area contributed by atoms with E-state index < -0.39 is 5.41 Å². The van der Waals surface area contributed by atoms with Crippen LogP contribution in [-0.2, 0) is 16.1 Å². The number of rotatable bonds is 7. The molecular formula is C19H29N3O2. The Balaban J connectivity index is 1.97. The Morgan fingerprint density at radius 3 is 2.42 bits per heavy atom. The van der Waals surface area contributed by atoms with Gasteiger partial charge in [0, 0.05) is 31.7 Å². The fourth-order valence-electron chi connectivity index (χ4n) is 3.19. The van der Waals surface area contributed by atoms with Gasteiger partial charge in [-0.2, -0.15) is 0 Å². The molecule has 2 rings (SSSR count). The molecule has 1 fully saturated rings. The summed E-state index contributed by atoms with van der Waals surface area (Å²) in [5.74, 6) is 0.214. The molecule has 5 heteroatoms. The first-order valence-electron chi connectivity index (χ1n) is 8.94. The van der Waals surface area contributed by atoms with Gasteiger partial charge in [0.25, 0.3) is 0 Å². The molecule has 0 radical (unpaired) electrons. The Morgan fingerprint density at radius 2 is 1.88 bits per heavy atom. The lowest BCUT2D eigenvalue weighted by Crippen LogP contribution is -2.45. The van der Waals surface area contributed by atoms with E-state index in [-0.39, 0.29) is 11.8 Å². The maximum atomic E-state index is 12.4. The summed E-state index contributed by atoms with van der Waals surface area (Å²) in [5, 5.41) is 3.00. The summed E-state index contributed by atoms with van der Waals surface area (Å²) in [7, 11) is 0. The van der Waals surface area contributed by atoms with Gasteiger partial charge in [-0.05, 0) is 43.4 Å². The van der Waals surface area contributed by atoms with Crippen molar-refractivity contribution in [1.82, 2.24) is 5.32 Å². The van der Waals surface area contributed by atoms with Crippen LogP contribution in [0.25, 0.3) is 0 Å². The van der Waals surface area contributed by atoms with E-state index in [2.05, 4.69) is 5.32 Å². The van der Waals surface area contributed by atoms with Crippen molar-refractivity contribution in [3.05, 3.63) is 29.8 Å². The maximum absolute atomic E-state index is 12.4. The molecule has 0 atom stereocenters. The van der Waals surface area contributed by atoms with Crippen molar-refractivity contribution in [1.29, 1.82) is 0 Å². The second kappa shape index (κ2) is 8.29. The topological polar surface area (TPSA) is 75.4 Å². The number of anilines is 1. The van der Waals surface area contributed by atoms with Gasteiger partial charge in [0.1, 0.15) is 0 Å². The molecule has 0 bridgehead atoms.